The van der Waals surface area contributed by atoms with Gasteiger partial charge < -0.3 is 20.4 Å². The Kier molecular flexibility index (Phi) is 6.75. The van der Waals surface area contributed by atoms with Gasteiger partial charge in [0.1, 0.15) is 5.56 Å². The zero-order chi connectivity index (χ0) is 23.6. The van der Waals surface area contributed by atoms with Crippen molar-refractivity contribution in [2.45, 2.75) is 32.0 Å². The molecule has 1 aliphatic heterocycles. The number of fused-ring (bicyclic) bond motifs is 1. The van der Waals surface area contributed by atoms with Gasteiger partial charge in [-0.05, 0) is 48.3 Å². The zero-order valence-corrected chi connectivity index (χ0v) is 19.2. The smallest absolute Gasteiger partial charge is 0.419 e. The molecule has 1 fully saturated rings. The van der Waals surface area contributed by atoms with Crippen molar-refractivity contribution in [1.82, 2.24) is 20.3 Å². The van der Waals surface area contributed by atoms with Gasteiger partial charge in [-0.25, -0.2) is 14.8 Å². The van der Waals surface area contributed by atoms with Crippen molar-refractivity contribution in [2.75, 3.05) is 30.3 Å². The number of anilines is 2. The highest BCUT2D eigenvalue weighted by Crippen LogP contribution is 2.41. The molecule has 4 rings (SSSR count). The van der Waals surface area contributed by atoms with Gasteiger partial charge in [-0.2, -0.15) is 13.2 Å². The molecule has 1 atom stereocenters. The van der Waals surface area contributed by atoms with Crippen molar-refractivity contribution in [3.63, 3.8) is 0 Å². The standard InChI is InChI=1S/C21H22BrF3N6O2/c1-2-33-20(32)30-15-6-5-12-13(9-27-18(12)16(15)22)17-14(21(23,24)25)10-28-19(31-17)29-11-4-3-7-26-8-11/h5-6,9-11,26-27H,2-4,7-8H2,1H3,(H,30,32)(H,28,29,31). The van der Waals surface area contributed by atoms with Crippen LogP contribution in [-0.2, 0) is 10.9 Å². The Morgan fingerprint density at radius 2 is 2.18 bits per heavy atom. The molecule has 8 nitrogen and oxygen atoms in total. The summed E-state index contributed by atoms with van der Waals surface area (Å²) in [5.41, 5.74) is 0.0405. The minimum absolute atomic E-state index is 0.0389. The van der Waals surface area contributed by atoms with Gasteiger partial charge in [0.2, 0.25) is 5.95 Å². The Bertz CT molecular complexity index is 1160. The van der Waals surface area contributed by atoms with Crippen LogP contribution < -0.4 is 16.0 Å². The van der Waals surface area contributed by atoms with Crippen molar-refractivity contribution in [3.05, 3.63) is 34.6 Å². The van der Waals surface area contributed by atoms with Crippen LogP contribution in [-0.4, -0.2) is 46.8 Å². The van der Waals surface area contributed by atoms with Gasteiger partial charge in [0.15, 0.2) is 0 Å². The molecule has 3 aromatic rings. The number of halogens is 4. The van der Waals surface area contributed by atoms with Crippen molar-refractivity contribution >= 4 is 44.6 Å². The molecule has 1 amide bonds. The quantitative estimate of drug-likeness (QED) is 0.367. The molecule has 176 valence electrons. The number of aromatic amines is 1. The monoisotopic (exact) mass is 526 g/mol. The van der Waals surface area contributed by atoms with E-state index in [0.717, 1.165) is 25.6 Å². The molecular weight excluding hydrogens is 505 g/mol. The minimum atomic E-state index is -4.63. The fourth-order valence-corrected chi connectivity index (χ4v) is 4.31. The van der Waals surface area contributed by atoms with Crippen LogP contribution in [0.15, 0.2) is 29.0 Å². The lowest BCUT2D eigenvalue weighted by molar-refractivity contribution is -0.137. The van der Waals surface area contributed by atoms with E-state index in [-0.39, 0.29) is 29.9 Å². The summed E-state index contributed by atoms with van der Waals surface area (Å²) in [6.45, 7) is 3.49. The summed E-state index contributed by atoms with van der Waals surface area (Å²) >= 11 is 3.41. The number of ether oxygens (including phenoxy) is 1. The molecule has 0 aliphatic carbocycles. The maximum atomic E-state index is 13.8. The average Bonchev–Trinajstić information content (AvgIpc) is 3.21. The molecule has 1 saturated heterocycles. The van der Waals surface area contributed by atoms with E-state index in [4.69, 9.17) is 4.74 Å². The Labute approximate surface area is 195 Å². The second kappa shape index (κ2) is 9.56. The second-order valence-corrected chi connectivity index (χ2v) is 8.33. The number of rotatable bonds is 5. The van der Waals surface area contributed by atoms with Crippen LogP contribution in [0.1, 0.15) is 25.3 Å². The summed E-state index contributed by atoms with van der Waals surface area (Å²) in [7, 11) is 0. The molecule has 0 spiro atoms. The minimum Gasteiger partial charge on any atom is -0.450 e. The Hall–Kier alpha value is -2.86. The van der Waals surface area contributed by atoms with Crippen LogP contribution >= 0.6 is 15.9 Å². The number of benzene rings is 1. The van der Waals surface area contributed by atoms with Crippen LogP contribution in [0.3, 0.4) is 0 Å². The topological polar surface area (TPSA) is 104 Å². The fraction of sp³-hybridized carbons (Fsp3) is 0.381. The van der Waals surface area contributed by atoms with Crippen LogP contribution in [0, 0.1) is 0 Å². The number of aromatic nitrogens is 3. The molecule has 0 saturated carbocycles. The first kappa shape index (κ1) is 23.3. The van der Waals surface area contributed by atoms with Crippen LogP contribution in [0.2, 0.25) is 0 Å². The lowest BCUT2D eigenvalue weighted by Crippen LogP contribution is -2.38. The Morgan fingerprint density at radius 3 is 2.88 bits per heavy atom. The highest BCUT2D eigenvalue weighted by atomic mass is 79.9. The third-order valence-electron chi connectivity index (χ3n) is 5.28. The lowest BCUT2D eigenvalue weighted by Gasteiger charge is -2.24. The number of hydrogen-bond acceptors (Lipinski definition) is 6. The molecule has 4 N–H and O–H groups in total. The van der Waals surface area contributed by atoms with E-state index in [1.807, 2.05) is 0 Å². The van der Waals surface area contributed by atoms with E-state index in [1.54, 1.807) is 19.1 Å². The predicted octanol–water partition coefficient (Wildman–Crippen LogP) is 5.14. The van der Waals surface area contributed by atoms with E-state index < -0.39 is 17.8 Å². The summed E-state index contributed by atoms with van der Waals surface area (Å²) in [5, 5.41) is 9.47. The summed E-state index contributed by atoms with van der Waals surface area (Å²) in [6.07, 6.45) is -1.15. The third kappa shape index (κ3) is 5.06. The molecule has 1 unspecified atom stereocenters. The SMILES string of the molecule is CCOC(=O)Nc1ccc2c(-c3nc(NC4CCCNC4)ncc3C(F)(F)F)c[nH]c2c1Br. The number of carbonyl (C=O) groups is 1. The van der Waals surface area contributed by atoms with Crippen molar-refractivity contribution in [2.24, 2.45) is 0 Å². The number of nitrogens with zero attached hydrogens (tertiary/aromatic N) is 2. The number of piperidine rings is 1. The van der Waals surface area contributed by atoms with E-state index in [9.17, 15) is 18.0 Å². The van der Waals surface area contributed by atoms with E-state index in [1.165, 1.54) is 6.20 Å². The van der Waals surface area contributed by atoms with Crippen LogP contribution in [0.5, 0.6) is 0 Å². The van der Waals surface area contributed by atoms with Crippen molar-refractivity contribution in [3.8, 4) is 11.3 Å². The van der Waals surface area contributed by atoms with Crippen LogP contribution in [0.4, 0.5) is 29.6 Å². The molecule has 1 aromatic carbocycles. The maximum Gasteiger partial charge on any atom is 0.419 e. The van der Waals surface area contributed by atoms with E-state index in [2.05, 4.69) is 46.8 Å². The molecule has 1 aliphatic rings. The highest BCUT2D eigenvalue weighted by molar-refractivity contribution is 9.10. The maximum absolute atomic E-state index is 13.8. The summed E-state index contributed by atoms with van der Waals surface area (Å²) in [4.78, 5) is 22.9. The molecule has 0 radical (unpaired) electrons. The van der Waals surface area contributed by atoms with Crippen molar-refractivity contribution in [1.29, 1.82) is 0 Å². The second-order valence-electron chi connectivity index (χ2n) is 7.54. The van der Waals surface area contributed by atoms with Crippen LogP contribution in [0.25, 0.3) is 22.2 Å². The van der Waals surface area contributed by atoms with Gasteiger partial charge in [0.25, 0.3) is 0 Å². The molecule has 3 heterocycles. The molecule has 12 heteroatoms. The van der Waals surface area contributed by atoms with Gasteiger partial charge in [0, 0.05) is 35.9 Å². The molecular formula is C21H22BrF3N6O2. The molecule has 2 aromatic heterocycles. The summed E-state index contributed by atoms with van der Waals surface area (Å²) in [6, 6.07) is 3.24. The molecule has 33 heavy (non-hydrogen) atoms. The number of nitrogens with one attached hydrogen (secondary N) is 4. The Morgan fingerprint density at radius 1 is 1.36 bits per heavy atom. The van der Waals surface area contributed by atoms with Gasteiger partial charge in [-0.1, -0.05) is 6.07 Å². The Balaban J connectivity index is 1.74. The van der Waals surface area contributed by atoms with Crippen molar-refractivity contribution < 1.29 is 22.7 Å². The summed E-state index contributed by atoms with van der Waals surface area (Å²) < 4.78 is 46.8. The number of alkyl halides is 3. The molecule has 0 bridgehead atoms. The number of hydrogen-bond donors (Lipinski definition) is 4. The van der Waals surface area contributed by atoms with Gasteiger partial charge in [-0.15, -0.1) is 0 Å². The largest absolute Gasteiger partial charge is 0.450 e. The number of H-pyrrole nitrogens is 1. The number of carbonyl (C=O) groups excluding carboxylic acids is 1. The van der Waals surface area contributed by atoms with Gasteiger partial charge >= 0.3 is 12.3 Å². The van der Waals surface area contributed by atoms with E-state index >= 15 is 0 Å². The first-order valence-corrected chi connectivity index (χ1v) is 11.2. The van der Waals surface area contributed by atoms with Gasteiger partial charge in [-0.3, -0.25) is 5.32 Å². The highest BCUT2D eigenvalue weighted by Gasteiger charge is 2.36. The predicted molar refractivity (Wildman–Crippen MR) is 122 cm³/mol. The third-order valence-corrected chi connectivity index (χ3v) is 6.11. The lowest BCUT2D eigenvalue weighted by atomic mass is 10.1. The number of amides is 1. The van der Waals surface area contributed by atoms with Gasteiger partial charge in [0.05, 0.1) is 28.0 Å². The normalized spacial score (nSPS) is 16.6. The summed E-state index contributed by atoms with van der Waals surface area (Å²) in [5.74, 6) is 0.140. The first-order valence-electron chi connectivity index (χ1n) is 10.4. The fourth-order valence-electron chi connectivity index (χ4n) is 3.76. The zero-order valence-electron chi connectivity index (χ0n) is 17.6. The first-order chi connectivity index (χ1) is 15.8. The average molecular weight is 527 g/mol. The van der Waals surface area contributed by atoms with E-state index in [0.29, 0.717) is 27.6 Å².